The standard InChI is InChI=1S/C30H27N5O2/c1-18-20(7-5-9-27(18)35-17-32-25-8-4-3-6-22(25)30(35)37)21-10-11-23(29(31)36)28-24(21)16-26(33-28)19-12-14-34(2)15-13-19/h3-12,16-17,33H,13-15H2,1-2H3,(H2,31,36). The number of aromatic nitrogens is 3. The van der Waals surface area contributed by atoms with E-state index >= 15 is 0 Å². The minimum atomic E-state index is -0.471. The monoisotopic (exact) mass is 489 g/mol. The number of para-hydroxylation sites is 1. The molecule has 7 nitrogen and oxygen atoms in total. The van der Waals surface area contributed by atoms with E-state index in [1.54, 1.807) is 23.0 Å². The van der Waals surface area contributed by atoms with E-state index in [9.17, 15) is 9.59 Å². The van der Waals surface area contributed by atoms with Crippen LogP contribution in [-0.4, -0.2) is 45.5 Å². The Kier molecular flexibility index (Phi) is 5.50. The maximum Gasteiger partial charge on any atom is 0.265 e. The normalized spacial score (nSPS) is 14.3. The van der Waals surface area contributed by atoms with Gasteiger partial charge < -0.3 is 15.6 Å². The fourth-order valence-corrected chi connectivity index (χ4v) is 5.26. The van der Waals surface area contributed by atoms with Crippen LogP contribution in [0.4, 0.5) is 0 Å². The van der Waals surface area contributed by atoms with Gasteiger partial charge in [-0.3, -0.25) is 14.2 Å². The van der Waals surface area contributed by atoms with Gasteiger partial charge in [0.05, 0.1) is 27.7 Å². The Bertz CT molecular complexity index is 1790. The van der Waals surface area contributed by atoms with E-state index in [0.29, 0.717) is 16.5 Å². The largest absolute Gasteiger partial charge is 0.366 e. The summed E-state index contributed by atoms with van der Waals surface area (Å²) in [5.41, 5.74) is 13.4. The number of nitrogens with zero attached hydrogens (tertiary/aromatic N) is 3. The van der Waals surface area contributed by atoms with Crippen molar-refractivity contribution in [2.75, 3.05) is 20.1 Å². The molecule has 3 N–H and O–H groups in total. The van der Waals surface area contributed by atoms with Gasteiger partial charge in [0.1, 0.15) is 6.33 Å². The summed E-state index contributed by atoms with van der Waals surface area (Å²) in [5.74, 6) is -0.471. The summed E-state index contributed by atoms with van der Waals surface area (Å²) in [7, 11) is 2.11. The smallest absolute Gasteiger partial charge is 0.265 e. The van der Waals surface area contributed by atoms with Crippen LogP contribution in [0, 0.1) is 6.92 Å². The third kappa shape index (κ3) is 3.84. The van der Waals surface area contributed by atoms with E-state index in [4.69, 9.17) is 5.73 Å². The maximum absolute atomic E-state index is 13.3. The van der Waals surface area contributed by atoms with Crippen LogP contribution in [0.1, 0.15) is 28.0 Å². The number of nitrogens with two attached hydrogens (primary N) is 1. The maximum atomic E-state index is 13.3. The summed E-state index contributed by atoms with van der Waals surface area (Å²) in [6.07, 6.45) is 4.74. The van der Waals surface area contributed by atoms with Crippen molar-refractivity contribution in [3.8, 4) is 16.8 Å². The first-order valence-electron chi connectivity index (χ1n) is 12.3. The number of benzene rings is 3. The highest BCUT2D eigenvalue weighted by molar-refractivity contribution is 6.10. The second-order valence-electron chi connectivity index (χ2n) is 9.62. The molecule has 37 heavy (non-hydrogen) atoms. The molecule has 0 bridgehead atoms. The molecule has 1 aliphatic rings. The third-order valence-corrected chi connectivity index (χ3v) is 7.34. The van der Waals surface area contributed by atoms with Gasteiger partial charge in [0, 0.05) is 24.2 Å². The van der Waals surface area contributed by atoms with Crippen LogP contribution in [0.25, 0.3) is 44.2 Å². The molecule has 0 radical (unpaired) electrons. The highest BCUT2D eigenvalue weighted by Gasteiger charge is 2.19. The lowest BCUT2D eigenvalue weighted by Gasteiger charge is -2.21. The number of rotatable bonds is 4. The molecule has 3 aromatic carbocycles. The molecular formula is C30H27N5O2. The Morgan fingerprint density at radius 3 is 2.65 bits per heavy atom. The summed E-state index contributed by atoms with van der Waals surface area (Å²) < 4.78 is 1.60. The number of primary amides is 1. The molecule has 0 unspecified atom stereocenters. The van der Waals surface area contributed by atoms with Crippen LogP contribution in [0.3, 0.4) is 0 Å². The highest BCUT2D eigenvalue weighted by Crippen LogP contribution is 2.36. The molecule has 3 heterocycles. The average molecular weight is 490 g/mol. The molecule has 0 saturated heterocycles. The van der Waals surface area contributed by atoms with Crippen molar-refractivity contribution in [2.24, 2.45) is 5.73 Å². The Morgan fingerprint density at radius 2 is 1.86 bits per heavy atom. The average Bonchev–Trinajstić information content (AvgIpc) is 3.35. The first-order chi connectivity index (χ1) is 17.9. The van der Waals surface area contributed by atoms with E-state index in [-0.39, 0.29) is 5.56 Å². The second-order valence-corrected chi connectivity index (χ2v) is 9.62. The van der Waals surface area contributed by atoms with Crippen LogP contribution < -0.4 is 11.3 Å². The van der Waals surface area contributed by atoms with E-state index in [0.717, 1.165) is 58.5 Å². The number of aromatic amines is 1. The predicted molar refractivity (Wildman–Crippen MR) is 148 cm³/mol. The van der Waals surface area contributed by atoms with Gasteiger partial charge in [-0.05, 0) is 73.0 Å². The van der Waals surface area contributed by atoms with Crippen molar-refractivity contribution in [3.63, 3.8) is 0 Å². The van der Waals surface area contributed by atoms with Crippen molar-refractivity contribution in [2.45, 2.75) is 13.3 Å². The first-order valence-corrected chi connectivity index (χ1v) is 12.3. The summed E-state index contributed by atoms with van der Waals surface area (Å²) >= 11 is 0. The minimum Gasteiger partial charge on any atom is -0.366 e. The molecule has 1 amide bonds. The van der Waals surface area contributed by atoms with Gasteiger partial charge in [-0.15, -0.1) is 0 Å². The van der Waals surface area contributed by atoms with E-state index < -0.39 is 5.91 Å². The SMILES string of the molecule is Cc1c(-c2ccc(C(N)=O)c3[nH]c(C4=CCN(C)CC4)cc23)cccc1-n1cnc2ccccc2c1=O. The Morgan fingerprint density at radius 1 is 1.03 bits per heavy atom. The Balaban J connectivity index is 1.54. The molecule has 2 aromatic heterocycles. The molecule has 7 heteroatoms. The zero-order valence-electron chi connectivity index (χ0n) is 20.8. The fraction of sp³-hybridized carbons (Fsp3) is 0.167. The molecule has 0 spiro atoms. The van der Waals surface area contributed by atoms with Crippen molar-refractivity contribution in [1.82, 2.24) is 19.4 Å². The number of carbonyl (C=O) groups excluding carboxylic acids is 1. The molecule has 0 aliphatic carbocycles. The summed E-state index contributed by atoms with van der Waals surface area (Å²) in [6.45, 7) is 3.87. The van der Waals surface area contributed by atoms with Crippen LogP contribution in [0.5, 0.6) is 0 Å². The lowest BCUT2D eigenvalue weighted by molar-refractivity contribution is 0.100. The predicted octanol–water partition coefficient (Wildman–Crippen LogP) is 4.66. The number of fused-ring (bicyclic) bond motifs is 2. The van der Waals surface area contributed by atoms with Crippen molar-refractivity contribution >= 4 is 33.3 Å². The summed E-state index contributed by atoms with van der Waals surface area (Å²) in [5, 5.41) is 1.50. The number of amides is 1. The summed E-state index contributed by atoms with van der Waals surface area (Å²) in [4.78, 5) is 35.8. The van der Waals surface area contributed by atoms with E-state index in [2.05, 4.69) is 34.1 Å². The lowest BCUT2D eigenvalue weighted by atomic mass is 9.94. The van der Waals surface area contributed by atoms with Gasteiger partial charge in [-0.2, -0.15) is 0 Å². The van der Waals surface area contributed by atoms with Crippen molar-refractivity contribution in [1.29, 1.82) is 0 Å². The van der Waals surface area contributed by atoms with Gasteiger partial charge in [0.15, 0.2) is 0 Å². The molecule has 0 fully saturated rings. The molecule has 5 aromatic rings. The minimum absolute atomic E-state index is 0.113. The first kappa shape index (κ1) is 22.9. The quantitative estimate of drug-likeness (QED) is 0.384. The molecule has 184 valence electrons. The summed E-state index contributed by atoms with van der Waals surface area (Å²) in [6, 6.07) is 19.1. The molecule has 6 rings (SSSR count). The number of hydrogen-bond donors (Lipinski definition) is 2. The number of nitrogens with one attached hydrogen (secondary N) is 1. The second kappa shape index (κ2) is 8.87. The van der Waals surface area contributed by atoms with Crippen LogP contribution in [-0.2, 0) is 0 Å². The van der Waals surface area contributed by atoms with Crippen molar-refractivity contribution in [3.05, 3.63) is 100 Å². The topological polar surface area (TPSA) is 97.0 Å². The molecular weight excluding hydrogens is 462 g/mol. The number of H-pyrrole nitrogens is 1. The molecule has 0 saturated carbocycles. The lowest BCUT2D eigenvalue weighted by Crippen LogP contribution is -2.23. The Labute approximate surface area is 213 Å². The van der Waals surface area contributed by atoms with E-state index in [1.165, 1.54) is 5.57 Å². The number of carbonyl (C=O) groups is 1. The zero-order chi connectivity index (χ0) is 25.7. The van der Waals surface area contributed by atoms with Crippen LogP contribution >= 0.6 is 0 Å². The fourth-order valence-electron chi connectivity index (χ4n) is 5.26. The zero-order valence-corrected chi connectivity index (χ0v) is 20.8. The van der Waals surface area contributed by atoms with Crippen LogP contribution in [0.15, 0.2) is 77.9 Å². The number of likely N-dealkylation sites (N-methyl/N-ethyl adjacent to an activating group) is 1. The number of hydrogen-bond acceptors (Lipinski definition) is 4. The van der Waals surface area contributed by atoms with Gasteiger partial charge in [-0.1, -0.05) is 36.4 Å². The van der Waals surface area contributed by atoms with Gasteiger partial charge in [-0.25, -0.2) is 4.98 Å². The molecule has 1 aliphatic heterocycles. The van der Waals surface area contributed by atoms with Crippen LogP contribution in [0.2, 0.25) is 0 Å². The Hall–Kier alpha value is -4.49. The van der Waals surface area contributed by atoms with E-state index in [1.807, 2.05) is 49.4 Å². The third-order valence-electron chi connectivity index (χ3n) is 7.34. The van der Waals surface area contributed by atoms with Gasteiger partial charge >= 0.3 is 0 Å². The van der Waals surface area contributed by atoms with Crippen molar-refractivity contribution < 1.29 is 4.79 Å². The van der Waals surface area contributed by atoms with Gasteiger partial charge in [0.2, 0.25) is 0 Å². The molecule has 0 atom stereocenters. The van der Waals surface area contributed by atoms with Gasteiger partial charge in [0.25, 0.3) is 11.5 Å². The highest BCUT2D eigenvalue weighted by atomic mass is 16.1.